The summed E-state index contributed by atoms with van der Waals surface area (Å²) >= 11 is 6.05. The molecule has 1 unspecified atom stereocenters. The second-order valence-electron chi connectivity index (χ2n) is 8.26. The van der Waals surface area contributed by atoms with Crippen LogP contribution in [0.25, 0.3) is 0 Å². The van der Waals surface area contributed by atoms with E-state index in [1.165, 1.54) is 11.4 Å². The third kappa shape index (κ3) is 5.43. The van der Waals surface area contributed by atoms with Crippen molar-refractivity contribution in [2.75, 3.05) is 20.2 Å². The molecule has 0 spiro atoms. The van der Waals surface area contributed by atoms with Gasteiger partial charge < -0.3 is 10.1 Å². The average Bonchev–Trinajstić information content (AvgIpc) is 2.88. The molecule has 178 valence electrons. The fourth-order valence-electron chi connectivity index (χ4n) is 4.18. The maximum atomic E-state index is 13.2. The van der Waals surface area contributed by atoms with Crippen molar-refractivity contribution < 1.29 is 17.9 Å². The molecule has 1 atom stereocenters. The molecule has 1 saturated heterocycles. The Hall–Kier alpha value is -2.87. The highest BCUT2D eigenvalue weighted by molar-refractivity contribution is 7.89. The van der Waals surface area contributed by atoms with Gasteiger partial charge in [-0.3, -0.25) is 4.79 Å². The number of benzene rings is 3. The van der Waals surface area contributed by atoms with Crippen LogP contribution in [0, 0.1) is 5.92 Å². The van der Waals surface area contributed by atoms with Gasteiger partial charge in [0.15, 0.2) is 0 Å². The van der Waals surface area contributed by atoms with Crippen molar-refractivity contribution in [3.63, 3.8) is 0 Å². The second-order valence-corrected chi connectivity index (χ2v) is 10.6. The van der Waals surface area contributed by atoms with Crippen molar-refractivity contribution in [3.8, 4) is 5.75 Å². The van der Waals surface area contributed by atoms with Crippen LogP contribution in [-0.2, 0) is 14.8 Å². The topological polar surface area (TPSA) is 75.7 Å². The first-order chi connectivity index (χ1) is 16.4. The van der Waals surface area contributed by atoms with Gasteiger partial charge in [-0.05, 0) is 60.4 Å². The Morgan fingerprint density at radius 2 is 1.53 bits per heavy atom. The van der Waals surface area contributed by atoms with Crippen LogP contribution in [-0.4, -0.2) is 38.8 Å². The summed E-state index contributed by atoms with van der Waals surface area (Å²) in [6.07, 6.45) is 0.923. The highest BCUT2D eigenvalue weighted by atomic mass is 35.5. The summed E-state index contributed by atoms with van der Waals surface area (Å²) in [7, 11) is -2.08. The fraction of sp³-hybridized carbons (Fsp3) is 0.269. The van der Waals surface area contributed by atoms with E-state index in [1.807, 2.05) is 54.6 Å². The first kappa shape index (κ1) is 24.3. The summed E-state index contributed by atoms with van der Waals surface area (Å²) in [6.45, 7) is 0.590. The molecule has 1 N–H and O–H groups in total. The second kappa shape index (κ2) is 10.6. The van der Waals surface area contributed by atoms with Gasteiger partial charge in [0, 0.05) is 24.0 Å². The molecule has 4 rings (SSSR count). The fourth-order valence-corrected chi connectivity index (χ4v) is 5.77. The number of carbonyl (C=O) groups is 1. The molecule has 3 aromatic carbocycles. The largest absolute Gasteiger partial charge is 0.497 e. The number of sulfonamides is 1. The molecule has 1 aliphatic heterocycles. The van der Waals surface area contributed by atoms with Crippen LogP contribution in [0.2, 0.25) is 5.02 Å². The minimum absolute atomic E-state index is 0.0784. The number of nitrogens with one attached hydrogen (secondary N) is 1. The number of hydrogen-bond donors (Lipinski definition) is 1. The van der Waals surface area contributed by atoms with E-state index >= 15 is 0 Å². The molecule has 6 nitrogen and oxygen atoms in total. The number of amides is 1. The van der Waals surface area contributed by atoms with Crippen LogP contribution in [0.5, 0.6) is 5.75 Å². The molecule has 34 heavy (non-hydrogen) atoms. The Kier molecular flexibility index (Phi) is 7.56. The summed E-state index contributed by atoms with van der Waals surface area (Å²) in [5.74, 6) is 0.258. The number of rotatable bonds is 7. The molecule has 0 aromatic heterocycles. The average molecular weight is 499 g/mol. The van der Waals surface area contributed by atoms with Gasteiger partial charge in [0.05, 0.1) is 18.0 Å². The molecule has 0 bridgehead atoms. The highest BCUT2D eigenvalue weighted by Gasteiger charge is 2.33. The van der Waals surface area contributed by atoms with E-state index < -0.39 is 10.0 Å². The van der Waals surface area contributed by atoms with Crippen LogP contribution in [0.15, 0.2) is 83.8 Å². The zero-order valence-electron chi connectivity index (χ0n) is 18.9. The van der Waals surface area contributed by atoms with E-state index in [9.17, 15) is 13.2 Å². The lowest BCUT2D eigenvalue weighted by Crippen LogP contribution is -2.43. The maximum absolute atomic E-state index is 13.2. The lowest BCUT2D eigenvalue weighted by molar-refractivity contribution is -0.126. The Balaban J connectivity index is 1.44. The SMILES string of the molecule is COc1ccc(S(=O)(=O)N2CCC(C(=O)NC(c3ccccc3)c3ccc(Cl)cc3)CC2)cc1. The van der Waals surface area contributed by atoms with Gasteiger partial charge in [-0.25, -0.2) is 8.42 Å². The molecule has 3 aromatic rings. The Morgan fingerprint density at radius 1 is 0.941 bits per heavy atom. The van der Waals surface area contributed by atoms with Crippen molar-refractivity contribution in [2.24, 2.45) is 5.92 Å². The molecule has 0 aliphatic carbocycles. The summed E-state index contributed by atoms with van der Waals surface area (Å²) in [5.41, 5.74) is 1.90. The molecule has 8 heteroatoms. The molecular weight excluding hydrogens is 472 g/mol. The lowest BCUT2D eigenvalue weighted by atomic mass is 9.94. The predicted octanol–water partition coefficient (Wildman–Crippen LogP) is 4.66. The minimum Gasteiger partial charge on any atom is -0.497 e. The summed E-state index contributed by atoms with van der Waals surface area (Å²) in [5, 5.41) is 3.80. The number of nitrogens with zero attached hydrogens (tertiary/aromatic N) is 1. The van der Waals surface area contributed by atoms with Gasteiger partial charge in [-0.2, -0.15) is 4.31 Å². The van der Waals surface area contributed by atoms with E-state index in [0.29, 0.717) is 36.7 Å². The smallest absolute Gasteiger partial charge is 0.243 e. The first-order valence-corrected chi connectivity index (χ1v) is 13.0. The van der Waals surface area contributed by atoms with Gasteiger partial charge in [-0.15, -0.1) is 0 Å². The monoisotopic (exact) mass is 498 g/mol. The highest BCUT2D eigenvalue weighted by Crippen LogP contribution is 2.28. The third-order valence-electron chi connectivity index (χ3n) is 6.14. The van der Waals surface area contributed by atoms with E-state index in [0.717, 1.165) is 11.1 Å². The Morgan fingerprint density at radius 3 is 2.12 bits per heavy atom. The van der Waals surface area contributed by atoms with Gasteiger partial charge in [0.1, 0.15) is 5.75 Å². The van der Waals surface area contributed by atoms with Crippen LogP contribution in [0.3, 0.4) is 0 Å². The molecule has 1 heterocycles. The Labute approximate surface area is 205 Å². The normalized spacial score (nSPS) is 16.1. The van der Waals surface area contributed by atoms with E-state index in [1.54, 1.807) is 24.3 Å². The van der Waals surface area contributed by atoms with Crippen molar-refractivity contribution >= 4 is 27.5 Å². The summed E-state index contributed by atoms with van der Waals surface area (Å²) in [4.78, 5) is 13.4. The van der Waals surface area contributed by atoms with Crippen LogP contribution >= 0.6 is 11.6 Å². The van der Waals surface area contributed by atoms with Crippen molar-refractivity contribution in [1.29, 1.82) is 0 Å². The number of hydrogen-bond acceptors (Lipinski definition) is 4. The van der Waals surface area contributed by atoms with Crippen LogP contribution < -0.4 is 10.1 Å². The zero-order chi connectivity index (χ0) is 24.1. The third-order valence-corrected chi connectivity index (χ3v) is 8.31. The number of halogens is 1. The van der Waals surface area contributed by atoms with E-state index in [2.05, 4.69) is 5.32 Å². The zero-order valence-corrected chi connectivity index (χ0v) is 20.4. The number of carbonyl (C=O) groups excluding carboxylic acids is 1. The predicted molar refractivity (Wildman–Crippen MR) is 132 cm³/mol. The van der Waals surface area contributed by atoms with Gasteiger partial charge in [-0.1, -0.05) is 54.1 Å². The molecule has 1 aliphatic rings. The van der Waals surface area contributed by atoms with Crippen molar-refractivity contribution in [3.05, 3.63) is 95.0 Å². The van der Waals surface area contributed by atoms with Gasteiger partial charge in [0.2, 0.25) is 15.9 Å². The van der Waals surface area contributed by atoms with Crippen molar-refractivity contribution in [1.82, 2.24) is 9.62 Å². The van der Waals surface area contributed by atoms with Gasteiger partial charge in [0.25, 0.3) is 0 Å². The molecule has 0 radical (unpaired) electrons. The van der Waals surface area contributed by atoms with Crippen LogP contribution in [0.1, 0.15) is 30.0 Å². The number of methoxy groups -OCH3 is 1. The first-order valence-electron chi connectivity index (χ1n) is 11.1. The molecule has 1 fully saturated rings. The number of piperidine rings is 1. The Bertz CT molecular complexity index is 1210. The molecule has 0 saturated carbocycles. The van der Waals surface area contributed by atoms with E-state index in [4.69, 9.17) is 16.3 Å². The van der Waals surface area contributed by atoms with Gasteiger partial charge >= 0.3 is 0 Å². The minimum atomic E-state index is -3.62. The maximum Gasteiger partial charge on any atom is 0.243 e. The summed E-state index contributed by atoms with van der Waals surface area (Å²) < 4.78 is 32.6. The quantitative estimate of drug-likeness (QED) is 0.514. The summed E-state index contributed by atoms with van der Waals surface area (Å²) in [6, 6.07) is 23.2. The lowest BCUT2D eigenvalue weighted by Gasteiger charge is -2.31. The molecule has 1 amide bonds. The van der Waals surface area contributed by atoms with Crippen molar-refractivity contribution in [2.45, 2.75) is 23.8 Å². The van der Waals surface area contributed by atoms with Crippen LogP contribution in [0.4, 0.5) is 0 Å². The number of ether oxygens (including phenoxy) is 1. The molecular formula is C26H27ClN2O4S. The van der Waals surface area contributed by atoms with E-state index in [-0.39, 0.29) is 22.8 Å². The standard InChI is InChI=1S/C26H27ClN2O4S/c1-33-23-11-13-24(14-12-23)34(31,32)29-17-15-21(16-18-29)26(30)28-25(19-5-3-2-4-6-19)20-7-9-22(27)10-8-20/h2-14,21,25H,15-18H2,1H3,(H,28,30).